The molecular weight excluding hydrogens is 138 g/mol. The second-order valence-electron chi connectivity index (χ2n) is 1.34. The third-order valence-electron chi connectivity index (χ3n) is 0.861. The van der Waals surface area contributed by atoms with Gasteiger partial charge < -0.3 is 0 Å². The van der Waals surface area contributed by atoms with Crippen molar-refractivity contribution in [2.24, 2.45) is 0 Å². The van der Waals surface area contributed by atoms with Crippen molar-refractivity contribution in [1.29, 1.82) is 0 Å². The largest absolute Gasteiger partial charge is 0.232 e. The maximum atomic E-state index is 3.95. The number of aromatic nitrogens is 1. The van der Waals surface area contributed by atoms with E-state index in [1.807, 2.05) is 6.07 Å². The van der Waals surface area contributed by atoms with Crippen LogP contribution in [-0.2, 0) is 0 Å². The Labute approximate surface area is 54.6 Å². The van der Waals surface area contributed by atoms with Gasteiger partial charge in [-0.15, -0.1) is 22.7 Å². The Hall–Kier alpha value is -0.410. The summed E-state index contributed by atoms with van der Waals surface area (Å²) in [5.74, 6) is 0. The Morgan fingerprint density at radius 1 is 1.50 bits per heavy atom. The number of hydrogen-bond donors (Lipinski definition) is 0. The summed E-state index contributed by atoms with van der Waals surface area (Å²) < 4.78 is 1.21. The molecule has 2 aromatic rings. The van der Waals surface area contributed by atoms with Crippen molar-refractivity contribution in [1.82, 2.24) is 4.98 Å². The summed E-state index contributed by atoms with van der Waals surface area (Å²) in [5, 5.41) is 2.99. The van der Waals surface area contributed by atoms with Gasteiger partial charge in [-0.25, -0.2) is 4.98 Å². The summed E-state index contributed by atoms with van der Waals surface area (Å²) in [6, 6.07) is 1.88. The van der Waals surface area contributed by atoms with Crippen LogP contribution in [0.3, 0.4) is 0 Å². The van der Waals surface area contributed by atoms with Crippen molar-refractivity contribution in [2.45, 2.75) is 0 Å². The van der Waals surface area contributed by atoms with Gasteiger partial charge in [0.2, 0.25) is 0 Å². The van der Waals surface area contributed by atoms with Gasteiger partial charge in [0.15, 0.2) is 5.51 Å². The molecule has 2 rings (SSSR count). The monoisotopic (exact) mass is 139 g/mol. The summed E-state index contributed by atoms with van der Waals surface area (Å²) >= 11 is 3.14. The summed E-state index contributed by atoms with van der Waals surface area (Å²) in [6.07, 6.45) is 0. The minimum absolute atomic E-state index is 1.03. The van der Waals surface area contributed by atoms with Crippen molar-refractivity contribution < 1.29 is 0 Å². The predicted octanol–water partition coefficient (Wildman–Crippen LogP) is 1.96. The van der Waals surface area contributed by atoms with Gasteiger partial charge in [-0.1, -0.05) is 0 Å². The molecule has 2 aromatic heterocycles. The Morgan fingerprint density at radius 3 is 3.38 bits per heavy atom. The van der Waals surface area contributed by atoms with Crippen LogP contribution in [0, 0.1) is 10.9 Å². The number of hydrogen-bond acceptors (Lipinski definition) is 3. The molecule has 8 heavy (non-hydrogen) atoms. The zero-order valence-corrected chi connectivity index (χ0v) is 5.47. The van der Waals surface area contributed by atoms with Crippen molar-refractivity contribution in [2.75, 3.05) is 0 Å². The van der Waals surface area contributed by atoms with E-state index < -0.39 is 0 Å². The molecule has 0 aliphatic rings. The average molecular weight is 139 g/mol. The molecule has 0 saturated carbocycles. The standard InChI is InChI=1S/C5HNS2/c1-2-7-5-4(1)6-3-8-5/h1H. The quantitative estimate of drug-likeness (QED) is 0.543. The van der Waals surface area contributed by atoms with E-state index in [1.54, 1.807) is 22.7 Å². The van der Waals surface area contributed by atoms with Gasteiger partial charge in [-0.3, -0.25) is 0 Å². The molecule has 0 atom stereocenters. The van der Waals surface area contributed by atoms with Crippen molar-refractivity contribution in [3.05, 3.63) is 17.0 Å². The third kappa shape index (κ3) is 0.485. The number of thiazole rings is 1. The van der Waals surface area contributed by atoms with E-state index in [-0.39, 0.29) is 0 Å². The predicted molar refractivity (Wildman–Crippen MR) is 35.2 cm³/mol. The highest BCUT2D eigenvalue weighted by Gasteiger charge is 1.93. The van der Waals surface area contributed by atoms with Crippen molar-refractivity contribution in [3.8, 4) is 0 Å². The van der Waals surface area contributed by atoms with Gasteiger partial charge in [-0.05, 0) is 6.07 Å². The molecule has 0 aromatic carbocycles. The normalized spacial score (nSPS) is 10.5. The summed E-state index contributed by atoms with van der Waals surface area (Å²) in [7, 11) is 0. The van der Waals surface area contributed by atoms with E-state index in [4.69, 9.17) is 0 Å². The smallest absolute Gasteiger partial charge is 0.154 e. The maximum absolute atomic E-state index is 3.95. The lowest BCUT2D eigenvalue weighted by Gasteiger charge is -1.61. The van der Waals surface area contributed by atoms with E-state index in [2.05, 4.69) is 15.9 Å². The topological polar surface area (TPSA) is 12.9 Å². The van der Waals surface area contributed by atoms with E-state index in [1.165, 1.54) is 4.01 Å². The summed E-state index contributed by atoms with van der Waals surface area (Å²) in [4.78, 5) is 3.95. The van der Waals surface area contributed by atoms with Gasteiger partial charge in [0, 0.05) is 5.38 Å². The molecular formula is C5HNS2. The van der Waals surface area contributed by atoms with E-state index in [0.29, 0.717) is 0 Å². The van der Waals surface area contributed by atoms with Crippen LogP contribution in [0.1, 0.15) is 0 Å². The fourth-order valence-corrected chi connectivity index (χ4v) is 1.86. The molecule has 2 heterocycles. The second-order valence-corrected chi connectivity index (χ2v) is 3.24. The first kappa shape index (κ1) is 4.47. The number of thiophene rings is 1. The molecule has 0 unspecified atom stereocenters. The first-order valence-corrected chi connectivity index (χ1v) is 3.72. The molecule has 1 nitrogen and oxygen atoms in total. The average Bonchev–Trinajstić information content (AvgIpc) is 2.15. The zero-order chi connectivity index (χ0) is 5.40. The lowest BCUT2D eigenvalue weighted by molar-refractivity contribution is 1.49. The Balaban J connectivity index is 3.06. The van der Waals surface area contributed by atoms with Crippen molar-refractivity contribution in [3.63, 3.8) is 0 Å². The van der Waals surface area contributed by atoms with Gasteiger partial charge in [0.25, 0.3) is 0 Å². The first-order chi connectivity index (χ1) is 3.97. The molecule has 2 radical (unpaired) electrons. The molecule has 0 fully saturated rings. The fraction of sp³-hybridized carbons (Fsp3) is 0. The maximum Gasteiger partial charge on any atom is 0.154 e. The Kier molecular flexibility index (Phi) is 0.856. The van der Waals surface area contributed by atoms with Crippen LogP contribution in [0.4, 0.5) is 0 Å². The minimum Gasteiger partial charge on any atom is -0.232 e. The molecule has 0 bridgehead atoms. The molecule has 3 heteroatoms. The van der Waals surface area contributed by atoms with E-state index in [9.17, 15) is 0 Å². The Morgan fingerprint density at radius 2 is 2.50 bits per heavy atom. The number of rotatable bonds is 0. The van der Waals surface area contributed by atoms with Crippen LogP contribution in [0.15, 0.2) is 6.07 Å². The Bertz CT molecular complexity index is 232. The van der Waals surface area contributed by atoms with Crippen LogP contribution in [-0.4, -0.2) is 4.98 Å². The second kappa shape index (κ2) is 1.53. The molecule has 0 amide bonds. The van der Waals surface area contributed by atoms with Crippen molar-refractivity contribution >= 4 is 32.2 Å². The van der Waals surface area contributed by atoms with E-state index in [0.717, 1.165) is 5.52 Å². The summed E-state index contributed by atoms with van der Waals surface area (Å²) in [6.45, 7) is 0. The SMILES string of the molecule is [c]1cc2n[c]sc2s1. The van der Waals surface area contributed by atoms with Crippen LogP contribution in [0.25, 0.3) is 9.53 Å². The highest BCUT2D eigenvalue weighted by molar-refractivity contribution is 7.36. The molecule has 0 saturated heterocycles. The molecule has 0 N–H and O–H groups in total. The fourth-order valence-electron chi connectivity index (χ4n) is 0.514. The first-order valence-electron chi connectivity index (χ1n) is 2.09. The lowest BCUT2D eigenvalue weighted by Crippen LogP contribution is -1.50. The molecule has 0 aliphatic heterocycles. The van der Waals surface area contributed by atoms with Gasteiger partial charge in [0.05, 0.1) is 5.52 Å². The van der Waals surface area contributed by atoms with Gasteiger partial charge in [0.1, 0.15) is 4.01 Å². The van der Waals surface area contributed by atoms with Gasteiger partial charge >= 0.3 is 0 Å². The van der Waals surface area contributed by atoms with Crippen LogP contribution in [0.5, 0.6) is 0 Å². The highest BCUT2D eigenvalue weighted by atomic mass is 32.2. The summed E-state index contributed by atoms with van der Waals surface area (Å²) in [5.41, 5.74) is 3.83. The lowest BCUT2D eigenvalue weighted by atomic mass is 10.6. The van der Waals surface area contributed by atoms with Crippen LogP contribution < -0.4 is 0 Å². The van der Waals surface area contributed by atoms with Gasteiger partial charge in [-0.2, -0.15) is 0 Å². The molecule has 0 aliphatic carbocycles. The number of nitrogens with zero attached hydrogens (tertiary/aromatic N) is 1. The van der Waals surface area contributed by atoms with Crippen LogP contribution in [0.2, 0.25) is 0 Å². The van der Waals surface area contributed by atoms with Crippen LogP contribution >= 0.6 is 22.7 Å². The minimum atomic E-state index is 1.03. The number of fused-ring (bicyclic) bond motifs is 1. The third-order valence-corrected chi connectivity index (χ3v) is 2.57. The van der Waals surface area contributed by atoms with E-state index >= 15 is 0 Å². The highest BCUT2D eigenvalue weighted by Crippen LogP contribution is 2.21. The zero-order valence-electron chi connectivity index (χ0n) is 3.84. The molecule has 0 spiro atoms. The molecule has 38 valence electrons.